The van der Waals surface area contributed by atoms with Gasteiger partial charge in [0.25, 0.3) is 5.91 Å². The maximum atomic E-state index is 12.8. The molecule has 2 aromatic rings. The predicted octanol–water partition coefficient (Wildman–Crippen LogP) is 3.72. The van der Waals surface area contributed by atoms with Gasteiger partial charge in [0.2, 0.25) is 0 Å². The summed E-state index contributed by atoms with van der Waals surface area (Å²) in [6.07, 6.45) is -3.37. The molecule has 1 amide bonds. The van der Waals surface area contributed by atoms with Gasteiger partial charge in [-0.25, -0.2) is 4.79 Å². The summed E-state index contributed by atoms with van der Waals surface area (Å²) >= 11 is 0. The number of halogens is 3. The van der Waals surface area contributed by atoms with Crippen LogP contribution in [0.25, 0.3) is 6.08 Å². The number of amides is 1. The van der Waals surface area contributed by atoms with Crippen LogP contribution >= 0.6 is 0 Å². The minimum Gasteiger partial charge on any atom is -0.493 e. The summed E-state index contributed by atoms with van der Waals surface area (Å²) < 4.78 is 48.5. The summed E-state index contributed by atoms with van der Waals surface area (Å²) in [6, 6.07) is 9.95. The van der Waals surface area contributed by atoms with Crippen molar-refractivity contribution in [1.82, 2.24) is 0 Å². The van der Waals surface area contributed by atoms with E-state index < -0.39 is 30.2 Å². The van der Waals surface area contributed by atoms with E-state index in [0.29, 0.717) is 5.56 Å². The number of nitrogens with one attached hydrogen (secondary N) is 1. The van der Waals surface area contributed by atoms with E-state index in [1.807, 2.05) is 0 Å². The van der Waals surface area contributed by atoms with Crippen molar-refractivity contribution in [3.8, 4) is 17.6 Å². The van der Waals surface area contributed by atoms with E-state index in [9.17, 15) is 28.0 Å². The molecule has 2 aromatic carbocycles. The molecule has 2 N–H and O–H groups in total. The molecule has 0 aliphatic heterocycles. The highest BCUT2D eigenvalue weighted by Crippen LogP contribution is 2.31. The fourth-order valence-electron chi connectivity index (χ4n) is 2.32. The van der Waals surface area contributed by atoms with Crippen molar-refractivity contribution in [2.24, 2.45) is 0 Å². The van der Waals surface area contributed by atoms with Crippen LogP contribution in [0.1, 0.15) is 11.1 Å². The lowest BCUT2D eigenvalue weighted by molar-refractivity contribution is -0.139. The van der Waals surface area contributed by atoms with Crippen molar-refractivity contribution in [3.05, 3.63) is 59.2 Å². The number of benzene rings is 2. The number of carboxylic acids is 1. The zero-order chi connectivity index (χ0) is 22.3. The van der Waals surface area contributed by atoms with Gasteiger partial charge >= 0.3 is 12.1 Å². The van der Waals surface area contributed by atoms with Gasteiger partial charge in [-0.3, -0.25) is 4.79 Å². The maximum absolute atomic E-state index is 12.8. The second-order valence-corrected chi connectivity index (χ2v) is 5.80. The average Bonchev–Trinajstić information content (AvgIpc) is 2.70. The van der Waals surface area contributed by atoms with Gasteiger partial charge in [0.1, 0.15) is 11.6 Å². The molecular weight excluding hydrogens is 405 g/mol. The average molecular weight is 420 g/mol. The minimum absolute atomic E-state index is 0.119. The number of hydrogen-bond donors (Lipinski definition) is 2. The topological polar surface area (TPSA) is 109 Å². The Morgan fingerprint density at radius 3 is 2.53 bits per heavy atom. The molecule has 0 aromatic heterocycles. The molecule has 7 nitrogen and oxygen atoms in total. The summed E-state index contributed by atoms with van der Waals surface area (Å²) in [6.45, 7) is -0.589. The number of carbonyl (C=O) groups excluding carboxylic acids is 1. The number of methoxy groups -OCH3 is 1. The molecule has 0 bridgehead atoms. The smallest absolute Gasteiger partial charge is 0.416 e. The highest BCUT2D eigenvalue weighted by molar-refractivity contribution is 6.09. The molecule has 156 valence electrons. The molecule has 0 spiro atoms. The number of nitriles is 1. The Labute approximate surface area is 169 Å². The summed E-state index contributed by atoms with van der Waals surface area (Å²) in [5.41, 5.74) is -1.07. The van der Waals surface area contributed by atoms with E-state index in [1.54, 1.807) is 6.07 Å². The van der Waals surface area contributed by atoms with Crippen LogP contribution < -0.4 is 14.8 Å². The molecule has 10 heteroatoms. The Balaban J connectivity index is 2.23. The lowest BCUT2D eigenvalue weighted by Crippen LogP contribution is -2.14. The highest BCUT2D eigenvalue weighted by Gasteiger charge is 2.30. The van der Waals surface area contributed by atoms with Gasteiger partial charge in [0.05, 0.1) is 12.7 Å². The van der Waals surface area contributed by atoms with Gasteiger partial charge in [-0.1, -0.05) is 12.1 Å². The summed E-state index contributed by atoms with van der Waals surface area (Å²) in [5.74, 6) is -1.77. The quantitative estimate of drug-likeness (QED) is 0.522. The molecule has 0 radical (unpaired) electrons. The maximum Gasteiger partial charge on any atom is 0.416 e. The largest absolute Gasteiger partial charge is 0.493 e. The van der Waals surface area contributed by atoms with Crippen LogP contribution in [-0.4, -0.2) is 30.7 Å². The SMILES string of the molecule is COc1cc(/C=C(\C#N)C(=O)Nc2cccc(C(F)(F)F)c2)ccc1OCC(=O)O. The fraction of sp³-hybridized carbons (Fsp3) is 0.150. The first kappa shape index (κ1) is 22.3. The Kier molecular flexibility index (Phi) is 7.03. The summed E-state index contributed by atoms with van der Waals surface area (Å²) in [4.78, 5) is 22.9. The standard InChI is InChI=1S/C20H15F3N2O5/c1-29-17-8-12(5-6-16(17)30-11-18(26)27)7-13(10-24)19(28)25-15-4-2-3-14(9-15)20(21,22)23/h2-9H,11H2,1H3,(H,25,28)(H,26,27)/b13-7+. The van der Waals surface area contributed by atoms with Crippen molar-refractivity contribution < 1.29 is 37.3 Å². The summed E-state index contributed by atoms with van der Waals surface area (Å²) in [7, 11) is 1.32. The molecular formula is C20H15F3N2O5. The minimum atomic E-state index is -4.57. The number of alkyl halides is 3. The zero-order valence-corrected chi connectivity index (χ0v) is 15.5. The van der Waals surface area contributed by atoms with Crippen molar-refractivity contribution in [1.29, 1.82) is 5.26 Å². The van der Waals surface area contributed by atoms with Crippen molar-refractivity contribution in [3.63, 3.8) is 0 Å². The van der Waals surface area contributed by atoms with Gasteiger partial charge in [-0.05, 0) is 42.0 Å². The third kappa shape index (κ3) is 6.00. The van der Waals surface area contributed by atoms with Crippen molar-refractivity contribution >= 4 is 23.6 Å². The first-order valence-electron chi connectivity index (χ1n) is 8.27. The highest BCUT2D eigenvalue weighted by atomic mass is 19.4. The van der Waals surface area contributed by atoms with E-state index in [0.717, 1.165) is 18.2 Å². The second-order valence-electron chi connectivity index (χ2n) is 5.80. The fourth-order valence-corrected chi connectivity index (χ4v) is 2.32. The monoisotopic (exact) mass is 420 g/mol. The van der Waals surface area contributed by atoms with Crippen LogP contribution in [0.4, 0.5) is 18.9 Å². The molecule has 2 rings (SSSR count). The molecule has 0 fully saturated rings. The lowest BCUT2D eigenvalue weighted by atomic mass is 10.1. The molecule has 0 saturated heterocycles. The number of nitrogens with zero attached hydrogens (tertiary/aromatic N) is 1. The Hall–Kier alpha value is -4.00. The normalized spacial score (nSPS) is 11.4. The number of aliphatic carboxylic acids is 1. The molecule has 0 saturated carbocycles. The number of ether oxygens (including phenoxy) is 2. The molecule has 0 atom stereocenters. The number of anilines is 1. The zero-order valence-electron chi connectivity index (χ0n) is 15.5. The first-order valence-corrected chi connectivity index (χ1v) is 8.27. The van der Waals surface area contributed by atoms with Crippen molar-refractivity contribution in [2.45, 2.75) is 6.18 Å². The number of carbonyl (C=O) groups is 2. The molecule has 0 aliphatic rings. The van der Waals surface area contributed by atoms with Gasteiger partial charge in [0, 0.05) is 5.69 Å². The van der Waals surface area contributed by atoms with Crippen LogP contribution in [0.5, 0.6) is 11.5 Å². The third-order valence-corrected chi connectivity index (χ3v) is 3.66. The van der Waals surface area contributed by atoms with Crippen LogP contribution in [0, 0.1) is 11.3 Å². The number of rotatable bonds is 7. The van der Waals surface area contributed by atoms with E-state index >= 15 is 0 Å². The molecule has 30 heavy (non-hydrogen) atoms. The first-order chi connectivity index (χ1) is 14.1. The predicted molar refractivity (Wildman–Crippen MR) is 99.8 cm³/mol. The van der Waals surface area contributed by atoms with E-state index in [-0.39, 0.29) is 22.8 Å². The Morgan fingerprint density at radius 2 is 1.93 bits per heavy atom. The van der Waals surface area contributed by atoms with Crippen molar-refractivity contribution in [2.75, 3.05) is 19.0 Å². The van der Waals surface area contributed by atoms with Gasteiger partial charge < -0.3 is 19.9 Å². The van der Waals surface area contributed by atoms with Gasteiger partial charge in [-0.15, -0.1) is 0 Å². The number of hydrogen-bond acceptors (Lipinski definition) is 5. The summed E-state index contributed by atoms with van der Waals surface area (Å²) in [5, 5.41) is 20.2. The van der Waals surface area contributed by atoms with Gasteiger partial charge in [0.15, 0.2) is 18.1 Å². The second kappa shape index (κ2) is 9.47. The van der Waals surface area contributed by atoms with Crippen LogP contribution in [-0.2, 0) is 15.8 Å². The van der Waals surface area contributed by atoms with Crippen LogP contribution in [0.15, 0.2) is 48.0 Å². The van der Waals surface area contributed by atoms with Crippen LogP contribution in [0.3, 0.4) is 0 Å². The lowest BCUT2D eigenvalue weighted by Gasteiger charge is -2.10. The molecule has 0 heterocycles. The van der Waals surface area contributed by atoms with E-state index in [4.69, 9.17) is 14.6 Å². The van der Waals surface area contributed by atoms with E-state index in [2.05, 4.69) is 5.32 Å². The van der Waals surface area contributed by atoms with Crippen LogP contribution in [0.2, 0.25) is 0 Å². The Bertz CT molecular complexity index is 1030. The molecule has 0 unspecified atom stereocenters. The van der Waals surface area contributed by atoms with E-state index in [1.165, 1.54) is 37.5 Å². The third-order valence-electron chi connectivity index (χ3n) is 3.66. The molecule has 0 aliphatic carbocycles. The number of carboxylic acid groups (broad SMARTS) is 1. The Morgan fingerprint density at radius 1 is 1.20 bits per heavy atom. The van der Waals surface area contributed by atoms with Gasteiger partial charge in [-0.2, -0.15) is 18.4 Å².